The Morgan fingerprint density at radius 2 is 2.14 bits per heavy atom. The Labute approximate surface area is 125 Å². The molecule has 21 heavy (non-hydrogen) atoms. The molecule has 114 valence electrons. The van der Waals surface area contributed by atoms with Crippen molar-refractivity contribution in [3.8, 4) is 0 Å². The largest absolute Gasteiger partial charge is 0.481 e. The standard InChI is InChI=1S/C16H22N2O3/c1-11-5-3-4-6-14(11)12(2)17-15(19)10-18-8-7-13(9-18)16(20)21/h3-6,12-13H,7-10H2,1-2H3,(H,17,19)(H,20,21). The average molecular weight is 290 g/mol. The van der Waals surface area contributed by atoms with Crippen molar-refractivity contribution in [3.05, 3.63) is 35.4 Å². The topological polar surface area (TPSA) is 69.6 Å². The molecule has 2 N–H and O–H groups in total. The molecule has 0 saturated carbocycles. The molecule has 0 radical (unpaired) electrons. The van der Waals surface area contributed by atoms with E-state index in [9.17, 15) is 9.59 Å². The molecule has 1 aromatic rings. The normalized spacial score (nSPS) is 20.2. The van der Waals surface area contributed by atoms with Gasteiger partial charge in [0.2, 0.25) is 5.91 Å². The number of nitrogens with zero attached hydrogens (tertiary/aromatic N) is 1. The van der Waals surface area contributed by atoms with E-state index in [-0.39, 0.29) is 24.4 Å². The number of benzene rings is 1. The predicted octanol–water partition coefficient (Wildman–Crippen LogP) is 1.58. The van der Waals surface area contributed by atoms with Crippen molar-refractivity contribution in [3.63, 3.8) is 0 Å². The minimum absolute atomic E-state index is 0.0448. The number of carboxylic acids is 1. The first-order chi connectivity index (χ1) is 9.97. The molecule has 5 nitrogen and oxygen atoms in total. The molecule has 1 fully saturated rings. The van der Waals surface area contributed by atoms with E-state index >= 15 is 0 Å². The fourth-order valence-electron chi connectivity index (χ4n) is 2.82. The van der Waals surface area contributed by atoms with Crippen LogP contribution >= 0.6 is 0 Å². The Kier molecular flexibility index (Phi) is 4.96. The zero-order valence-electron chi connectivity index (χ0n) is 12.5. The second-order valence-electron chi connectivity index (χ2n) is 5.70. The molecule has 0 aliphatic carbocycles. The van der Waals surface area contributed by atoms with Crippen LogP contribution in [0.4, 0.5) is 0 Å². The number of carbonyl (C=O) groups is 2. The lowest BCUT2D eigenvalue weighted by Gasteiger charge is -2.19. The fourth-order valence-corrected chi connectivity index (χ4v) is 2.82. The summed E-state index contributed by atoms with van der Waals surface area (Å²) in [6, 6.07) is 7.93. The number of nitrogens with one attached hydrogen (secondary N) is 1. The number of rotatable bonds is 5. The van der Waals surface area contributed by atoms with Crippen LogP contribution < -0.4 is 5.32 Å². The summed E-state index contributed by atoms with van der Waals surface area (Å²) in [5.74, 6) is -1.17. The molecule has 2 rings (SSSR count). The fraction of sp³-hybridized carbons (Fsp3) is 0.500. The molecule has 1 aliphatic heterocycles. The third-order valence-corrected chi connectivity index (χ3v) is 4.02. The third kappa shape index (κ3) is 4.04. The Bertz CT molecular complexity index is 530. The van der Waals surface area contributed by atoms with E-state index in [1.807, 2.05) is 43.0 Å². The van der Waals surface area contributed by atoms with Crippen LogP contribution in [-0.2, 0) is 9.59 Å². The number of likely N-dealkylation sites (tertiary alicyclic amines) is 1. The first kappa shape index (κ1) is 15.5. The van der Waals surface area contributed by atoms with E-state index in [1.165, 1.54) is 0 Å². The summed E-state index contributed by atoms with van der Waals surface area (Å²) in [6.07, 6.45) is 0.621. The smallest absolute Gasteiger partial charge is 0.307 e. The van der Waals surface area contributed by atoms with Gasteiger partial charge in [-0.1, -0.05) is 24.3 Å². The van der Waals surface area contributed by atoms with Crippen LogP contribution in [-0.4, -0.2) is 41.5 Å². The van der Waals surface area contributed by atoms with Crippen molar-refractivity contribution in [2.45, 2.75) is 26.3 Å². The van der Waals surface area contributed by atoms with Crippen LogP contribution in [0.15, 0.2) is 24.3 Å². The average Bonchev–Trinajstić information content (AvgIpc) is 2.87. The summed E-state index contributed by atoms with van der Waals surface area (Å²) in [7, 11) is 0. The van der Waals surface area contributed by atoms with E-state index < -0.39 is 5.97 Å². The van der Waals surface area contributed by atoms with Gasteiger partial charge >= 0.3 is 5.97 Å². The van der Waals surface area contributed by atoms with E-state index in [0.29, 0.717) is 19.5 Å². The maximum Gasteiger partial charge on any atom is 0.307 e. The van der Waals surface area contributed by atoms with Gasteiger partial charge in [-0.25, -0.2) is 0 Å². The second kappa shape index (κ2) is 6.72. The van der Waals surface area contributed by atoms with Crippen molar-refractivity contribution in [1.82, 2.24) is 10.2 Å². The lowest BCUT2D eigenvalue weighted by Crippen LogP contribution is -2.37. The zero-order chi connectivity index (χ0) is 15.4. The van der Waals surface area contributed by atoms with Gasteiger partial charge in [-0.05, 0) is 37.9 Å². The molecule has 1 saturated heterocycles. The maximum atomic E-state index is 12.1. The highest BCUT2D eigenvalue weighted by atomic mass is 16.4. The molecule has 0 spiro atoms. The molecule has 0 aromatic heterocycles. The molecule has 1 aliphatic rings. The number of aliphatic carboxylic acids is 1. The Morgan fingerprint density at radius 1 is 1.43 bits per heavy atom. The van der Waals surface area contributed by atoms with Crippen LogP contribution in [0.25, 0.3) is 0 Å². The van der Waals surface area contributed by atoms with Gasteiger partial charge in [0, 0.05) is 6.54 Å². The summed E-state index contributed by atoms with van der Waals surface area (Å²) in [4.78, 5) is 24.9. The molecular formula is C16H22N2O3. The lowest BCUT2D eigenvalue weighted by atomic mass is 10.0. The van der Waals surface area contributed by atoms with Crippen molar-refractivity contribution in [2.75, 3.05) is 19.6 Å². The molecule has 2 unspecified atom stereocenters. The molecule has 0 bridgehead atoms. The van der Waals surface area contributed by atoms with Crippen molar-refractivity contribution in [2.24, 2.45) is 5.92 Å². The molecular weight excluding hydrogens is 268 g/mol. The van der Waals surface area contributed by atoms with Crippen molar-refractivity contribution >= 4 is 11.9 Å². The summed E-state index contributed by atoms with van der Waals surface area (Å²) in [5, 5.41) is 11.9. The van der Waals surface area contributed by atoms with Crippen molar-refractivity contribution in [1.29, 1.82) is 0 Å². The molecule has 1 amide bonds. The minimum atomic E-state index is -0.772. The number of hydrogen-bond donors (Lipinski definition) is 2. The second-order valence-corrected chi connectivity index (χ2v) is 5.70. The van der Waals surface area contributed by atoms with Gasteiger partial charge in [-0.2, -0.15) is 0 Å². The Hall–Kier alpha value is -1.88. The molecule has 1 aromatic carbocycles. The van der Waals surface area contributed by atoms with Gasteiger partial charge in [0.25, 0.3) is 0 Å². The van der Waals surface area contributed by atoms with Gasteiger partial charge in [0.05, 0.1) is 18.5 Å². The van der Waals surface area contributed by atoms with Gasteiger partial charge in [-0.3, -0.25) is 14.5 Å². The number of carboxylic acid groups (broad SMARTS) is 1. The molecule has 5 heteroatoms. The minimum Gasteiger partial charge on any atom is -0.481 e. The van der Waals surface area contributed by atoms with Crippen LogP contribution in [0, 0.1) is 12.8 Å². The molecule has 1 heterocycles. The monoisotopic (exact) mass is 290 g/mol. The highest BCUT2D eigenvalue weighted by Crippen LogP contribution is 2.18. The van der Waals surface area contributed by atoms with Gasteiger partial charge < -0.3 is 10.4 Å². The highest BCUT2D eigenvalue weighted by molar-refractivity contribution is 5.79. The van der Waals surface area contributed by atoms with Gasteiger partial charge in [-0.15, -0.1) is 0 Å². The number of hydrogen-bond acceptors (Lipinski definition) is 3. The van der Waals surface area contributed by atoms with E-state index in [1.54, 1.807) is 0 Å². The van der Waals surface area contributed by atoms with E-state index in [4.69, 9.17) is 5.11 Å². The summed E-state index contributed by atoms with van der Waals surface area (Å²) in [6.45, 7) is 5.38. The zero-order valence-corrected chi connectivity index (χ0v) is 12.5. The van der Waals surface area contributed by atoms with Gasteiger partial charge in [0.1, 0.15) is 0 Å². The van der Waals surface area contributed by atoms with Crippen molar-refractivity contribution < 1.29 is 14.7 Å². The number of carbonyl (C=O) groups excluding carboxylic acids is 1. The van der Waals surface area contributed by atoms with Crippen LogP contribution in [0.2, 0.25) is 0 Å². The van der Waals surface area contributed by atoms with E-state index in [2.05, 4.69) is 5.32 Å². The van der Waals surface area contributed by atoms with Crippen LogP contribution in [0.3, 0.4) is 0 Å². The number of aryl methyl sites for hydroxylation is 1. The predicted molar refractivity (Wildman–Crippen MR) is 79.9 cm³/mol. The molecule has 2 atom stereocenters. The number of amides is 1. The maximum absolute atomic E-state index is 12.1. The van der Waals surface area contributed by atoms with Gasteiger partial charge in [0.15, 0.2) is 0 Å². The third-order valence-electron chi connectivity index (χ3n) is 4.02. The lowest BCUT2D eigenvalue weighted by molar-refractivity contribution is -0.141. The van der Waals surface area contributed by atoms with Crippen LogP contribution in [0.1, 0.15) is 30.5 Å². The summed E-state index contributed by atoms with van der Waals surface area (Å²) < 4.78 is 0. The highest BCUT2D eigenvalue weighted by Gasteiger charge is 2.29. The quantitative estimate of drug-likeness (QED) is 0.864. The SMILES string of the molecule is Cc1ccccc1C(C)NC(=O)CN1CCC(C(=O)O)C1. The first-order valence-electron chi connectivity index (χ1n) is 7.27. The Morgan fingerprint density at radius 3 is 2.76 bits per heavy atom. The summed E-state index contributed by atoms with van der Waals surface area (Å²) in [5.41, 5.74) is 2.26. The Balaban J connectivity index is 1.85. The van der Waals surface area contributed by atoms with Crippen LogP contribution in [0.5, 0.6) is 0 Å². The van der Waals surface area contributed by atoms with E-state index in [0.717, 1.165) is 11.1 Å². The first-order valence-corrected chi connectivity index (χ1v) is 7.27. The summed E-state index contributed by atoms with van der Waals surface area (Å²) >= 11 is 0.